The van der Waals surface area contributed by atoms with Crippen molar-refractivity contribution in [3.05, 3.63) is 18.0 Å². The molecule has 1 rings (SSSR count). The molecule has 13 heavy (non-hydrogen) atoms. The molecule has 0 aliphatic rings. The van der Waals surface area contributed by atoms with Crippen LogP contribution in [0.1, 0.15) is 25.0 Å². The summed E-state index contributed by atoms with van der Waals surface area (Å²) < 4.78 is 6.68. The van der Waals surface area contributed by atoms with Crippen LogP contribution in [0.15, 0.2) is 12.4 Å². The van der Waals surface area contributed by atoms with Crippen molar-refractivity contribution >= 4 is 0 Å². The van der Waals surface area contributed by atoms with E-state index in [4.69, 9.17) is 4.74 Å². The molecule has 0 aromatic carbocycles. The van der Waals surface area contributed by atoms with E-state index >= 15 is 0 Å². The molecule has 1 unspecified atom stereocenters. The summed E-state index contributed by atoms with van der Waals surface area (Å²) in [6.45, 7) is 3.41. The molecule has 1 aromatic heterocycles. The van der Waals surface area contributed by atoms with Gasteiger partial charge in [0, 0.05) is 38.4 Å². The molecule has 0 fully saturated rings. The largest absolute Gasteiger partial charge is 0.388 e. The Morgan fingerprint density at radius 1 is 1.69 bits per heavy atom. The zero-order valence-electron chi connectivity index (χ0n) is 8.10. The quantitative estimate of drug-likeness (QED) is 0.741. The highest BCUT2D eigenvalue weighted by molar-refractivity contribution is 5.07. The number of hydrogen-bond acceptors (Lipinski definition) is 3. The molecule has 74 valence electrons. The van der Waals surface area contributed by atoms with Crippen molar-refractivity contribution in [1.29, 1.82) is 0 Å². The van der Waals surface area contributed by atoms with Crippen LogP contribution in [-0.4, -0.2) is 28.6 Å². The molecule has 1 aromatic rings. The molecular formula is C9H16N2O2. The minimum Gasteiger partial charge on any atom is -0.388 e. The lowest BCUT2D eigenvalue weighted by molar-refractivity contribution is 0.110. The summed E-state index contributed by atoms with van der Waals surface area (Å²) in [5.41, 5.74) is 0.860. The van der Waals surface area contributed by atoms with Gasteiger partial charge in [0.1, 0.15) is 0 Å². The van der Waals surface area contributed by atoms with Crippen molar-refractivity contribution in [3.8, 4) is 0 Å². The molecule has 4 heteroatoms. The van der Waals surface area contributed by atoms with Crippen LogP contribution in [0.25, 0.3) is 0 Å². The molecular weight excluding hydrogens is 168 g/mol. The number of aliphatic hydroxyl groups is 1. The summed E-state index contributed by atoms with van der Waals surface area (Å²) in [5.74, 6) is 0. The molecule has 0 radical (unpaired) electrons. The molecule has 0 aliphatic carbocycles. The monoisotopic (exact) mass is 184 g/mol. The van der Waals surface area contributed by atoms with Crippen LogP contribution in [0.2, 0.25) is 0 Å². The van der Waals surface area contributed by atoms with E-state index in [1.54, 1.807) is 18.0 Å². The number of aromatic nitrogens is 2. The molecule has 0 saturated heterocycles. The van der Waals surface area contributed by atoms with Gasteiger partial charge in [-0.3, -0.25) is 4.68 Å². The highest BCUT2D eigenvalue weighted by Crippen LogP contribution is 2.15. The van der Waals surface area contributed by atoms with E-state index in [9.17, 15) is 5.11 Å². The molecule has 4 nitrogen and oxygen atoms in total. The Balaban J connectivity index is 2.50. The van der Waals surface area contributed by atoms with Crippen molar-refractivity contribution in [2.24, 2.45) is 0 Å². The second-order valence-corrected chi connectivity index (χ2v) is 2.93. The fraction of sp³-hybridized carbons (Fsp3) is 0.667. The summed E-state index contributed by atoms with van der Waals surface area (Å²) in [7, 11) is 1.63. The first kappa shape index (κ1) is 10.2. The molecule has 0 spiro atoms. The minimum absolute atomic E-state index is 0.458. The molecule has 0 bridgehead atoms. The fourth-order valence-corrected chi connectivity index (χ4v) is 1.12. The average molecular weight is 184 g/mol. The van der Waals surface area contributed by atoms with Gasteiger partial charge in [-0.1, -0.05) is 0 Å². The molecule has 1 atom stereocenters. The Morgan fingerprint density at radius 3 is 3.00 bits per heavy atom. The van der Waals surface area contributed by atoms with Gasteiger partial charge in [-0.15, -0.1) is 0 Å². The summed E-state index contributed by atoms with van der Waals surface area (Å²) in [4.78, 5) is 0. The maximum atomic E-state index is 9.63. The zero-order chi connectivity index (χ0) is 9.68. The molecule has 1 heterocycles. The first-order valence-corrected chi connectivity index (χ1v) is 4.47. The topological polar surface area (TPSA) is 47.3 Å². The van der Waals surface area contributed by atoms with E-state index < -0.39 is 6.10 Å². The molecule has 0 amide bonds. The fourth-order valence-electron chi connectivity index (χ4n) is 1.12. The van der Waals surface area contributed by atoms with E-state index in [0.717, 1.165) is 12.1 Å². The third kappa shape index (κ3) is 2.82. The number of nitrogens with zero attached hydrogens (tertiary/aromatic N) is 2. The summed E-state index contributed by atoms with van der Waals surface area (Å²) in [6.07, 6.45) is 3.72. The number of aryl methyl sites for hydroxylation is 1. The van der Waals surface area contributed by atoms with Gasteiger partial charge in [0.15, 0.2) is 0 Å². The van der Waals surface area contributed by atoms with Gasteiger partial charge in [-0.05, 0) is 6.92 Å². The maximum Gasteiger partial charge on any atom is 0.0842 e. The highest BCUT2D eigenvalue weighted by atomic mass is 16.5. The van der Waals surface area contributed by atoms with Crippen LogP contribution in [0.5, 0.6) is 0 Å². The lowest BCUT2D eigenvalue weighted by Crippen LogP contribution is -2.00. The SMILES string of the molecule is CCn1cc(C(O)CCOC)cn1. The Kier molecular flexibility index (Phi) is 3.92. The van der Waals surface area contributed by atoms with Crippen molar-refractivity contribution in [2.45, 2.75) is 26.0 Å². The normalized spacial score (nSPS) is 13.2. The van der Waals surface area contributed by atoms with Crippen molar-refractivity contribution in [3.63, 3.8) is 0 Å². The molecule has 1 N–H and O–H groups in total. The number of methoxy groups -OCH3 is 1. The van der Waals surface area contributed by atoms with E-state index in [2.05, 4.69) is 5.10 Å². The van der Waals surface area contributed by atoms with Gasteiger partial charge >= 0.3 is 0 Å². The van der Waals surface area contributed by atoms with Crippen LogP contribution in [0, 0.1) is 0 Å². The number of hydrogen-bond donors (Lipinski definition) is 1. The van der Waals surface area contributed by atoms with E-state index in [-0.39, 0.29) is 0 Å². The lowest BCUT2D eigenvalue weighted by atomic mass is 10.1. The number of aliphatic hydroxyl groups excluding tert-OH is 1. The van der Waals surface area contributed by atoms with E-state index in [1.807, 2.05) is 13.1 Å². The predicted octanol–water partition coefficient (Wildman–Crippen LogP) is 0.973. The molecule has 0 saturated carbocycles. The van der Waals surface area contributed by atoms with Crippen LogP contribution in [-0.2, 0) is 11.3 Å². The summed E-state index contributed by atoms with van der Waals surface area (Å²) >= 11 is 0. The Morgan fingerprint density at radius 2 is 2.46 bits per heavy atom. The number of rotatable bonds is 5. The van der Waals surface area contributed by atoms with Crippen molar-refractivity contribution in [2.75, 3.05) is 13.7 Å². The number of ether oxygens (including phenoxy) is 1. The standard InChI is InChI=1S/C9H16N2O2/c1-3-11-7-8(6-10-11)9(12)4-5-13-2/h6-7,9,12H,3-5H2,1-2H3. The van der Waals surface area contributed by atoms with Crippen LogP contribution < -0.4 is 0 Å². The smallest absolute Gasteiger partial charge is 0.0842 e. The van der Waals surface area contributed by atoms with Gasteiger partial charge in [0.05, 0.1) is 12.3 Å². The van der Waals surface area contributed by atoms with Gasteiger partial charge in [-0.25, -0.2) is 0 Å². The zero-order valence-corrected chi connectivity index (χ0v) is 8.10. The second kappa shape index (κ2) is 4.99. The lowest BCUT2D eigenvalue weighted by Gasteiger charge is -2.06. The van der Waals surface area contributed by atoms with Gasteiger partial charge < -0.3 is 9.84 Å². The van der Waals surface area contributed by atoms with E-state index in [1.165, 1.54) is 0 Å². The molecule has 0 aliphatic heterocycles. The third-order valence-electron chi connectivity index (χ3n) is 1.96. The summed E-state index contributed by atoms with van der Waals surface area (Å²) in [5, 5.41) is 13.7. The third-order valence-corrected chi connectivity index (χ3v) is 1.96. The first-order chi connectivity index (χ1) is 6.27. The van der Waals surface area contributed by atoms with E-state index in [0.29, 0.717) is 13.0 Å². The average Bonchev–Trinajstić information content (AvgIpc) is 2.62. The summed E-state index contributed by atoms with van der Waals surface area (Å²) in [6, 6.07) is 0. The van der Waals surface area contributed by atoms with Crippen LogP contribution in [0.3, 0.4) is 0 Å². The van der Waals surface area contributed by atoms with Crippen molar-refractivity contribution < 1.29 is 9.84 Å². The van der Waals surface area contributed by atoms with Gasteiger partial charge in [-0.2, -0.15) is 5.10 Å². The highest BCUT2D eigenvalue weighted by Gasteiger charge is 2.08. The van der Waals surface area contributed by atoms with Crippen LogP contribution in [0.4, 0.5) is 0 Å². The Bertz CT molecular complexity index is 248. The van der Waals surface area contributed by atoms with Crippen LogP contribution >= 0.6 is 0 Å². The van der Waals surface area contributed by atoms with Gasteiger partial charge in [0.2, 0.25) is 0 Å². The Hall–Kier alpha value is -0.870. The predicted molar refractivity (Wildman–Crippen MR) is 49.4 cm³/mol. The maximum absolute atomic E-state index is 9.63. The second-order valence-electron chi connectivity index (χ2n) is 2.93. The first-order valence-electron chi connectivity index (χ1n) is 4.47. The Labute approximate surface area is 78.1 Å². The minimum atomic E-state index is -0.458. The van der Waals surface area contributed by atoms with Crippen molar-refractivity contribution in [1.82, 2.24) is 9.78 Å². The van der Waals surface area contributed by atoms with Gasteiger partial charge in [0.25, 0.3) is 0 Å².